The van der Waals surface area contributed by atoms with Crippen molar-refractivity contribution >= 4 is 38.9 Å². The SMILES string of the molecule is Cc1ccc(S(=O)(=O)N2CCCc3cc(C(=O)Nc4ccc(C)c(Cl)c4)ccc32)cc1. The largest absolute Gasteiger partial charge is 0.322 e. The van der Waals surface area contributed by atoms with Crippen LogP contribution in [0.5, 0.6) is 0 Å². The number of hydrogen-bond acceptors (Lipinski definition) is 3. The number of fused-ring (bicyclic) bond motifs is 1. The molecule has 0 unspecified atom stereocenters. The molecule has 7 heteroatoms. The van der Waals surface area contributed by atoms with Crippen molar-refractivity contribution in [2.75, 3.05) is 16.2 Å². The molecule has 1 heterocycles. The van der Waals surface area contributed by atoms with Gasteiger partial charge >= 0.3 is 0 Å². The predicted octanol–water partition coefficient (Wildman–Crippen LogP) is 5.35. The predicted molar refractivity (Wildman–Crippen MR) is 125 cm³/mol. The summed E-state index contributed by atoms with van der Waals surface area (Å²) < 4.78 is 27.9. The number of carbonyl (C=O) groups is 1. The molecule has 1 N–H and O–H groups in total. The fourth-order valence-electron chi connectivity index (χ4n) is 3.66. The molecule has 31 heavy (non-hydrogen) atoms. The van der Waals surface area contributed by atoms with Crippen LogP contribution in [0.4, 0.5) is 11.4 Å². The van der Waals surface area contributed by atoms with Gasteiger partial charge in [0.05, 0.1) is 10.6 Å². The molecule has 0 fully saturated rings. The lowest BCUT2D eigenvalue weighted by atomic mass is 10.0. The number of carbonyl (C=O) groups excluding carboxylic acids is 1. The molecule has 160 valence electrons. The Kier molecular flexibility index (Phi) is 5.77. The van der Waals surface area contributed by atoms with E-state index in [0.29, 0.717) is 41.3 Å². The van der Waals surface area contributed by atoms with Gasteiger partial charge in [0, 0.05) is 22.8 Å². The zero-order valence-corrected chi connectivity index (χ0v) is 18.9. The van der Waals surface area contributed by atoms with Gasteiger partial charge in [0.2, 0.25) is 0 Å². The van der Waals surface area contributed by atoms with Crippen molar-refractivity contribution in [1.82, 2.24) is 0 Å². The molecule has 5 nitrogen and oxygen atoms in total. The number of halogens is 1. The Hall–Kier alpha value is -2.83. The Bertz CT molecular complexity index is 1250. The number of hydrogen-bond donors (Lipinski definition) is 1. The maximum Gasteiger partial charge on any atom is 0.264 e. The van der Waals surface area contributed by atoms with Crippen LogP contribution >= 0.6 is 11.6 Å². The lowest BCUT2D eigenvalue weighted by molar-refractivity contribution is 0.102. The van der Waals surface area contributed by atoms with Gasteiger partial charge in [-0.25, -0.2) is 8.42 Å². The summed E-state index contributed by atoms with van der Waals surface area (Å²) in [7, 11) is -3.66. The first-order chi connectivity index (χ1) is 14.8. The highest BCUT2D eigenvalue weighted by Gasteiger charge is 2.29. The molecule has 4 rings (SSSR count). The van der Waals surface area contributed by atoms with Crippen LogP contribution in [0.2, 0.25) is 5.02 Å². The van der Waals surface area contributed by atoms with Gasteiger partial charge in [-0.2, -0.15) is 0 Å². The van der Waals surface area contributed by atoms with E-state index in [4.69, 9.17) is 11.6 Å². The van der Waals surface area contributed by atoms with Gasteiger partial charge < -0.3 is 5.32 Å². The zero-order chi connectivity index (χ0) is 22.2. The van der Waals surface area contributed by atoms with E-state index in [1.54, 1.807) is 54.6 Å². The van der Waals surface area contributed by atoms with Crippen molar-refractivity contribution in [2.24, 2.45) is 0 Å². The van der Waals surface area contributed by atoms with Crippen LogP contribution < -0.4 is 9.62 Å². The number of benzene rings is 3. The third-order valence-electron chi connectivity index (χ3n) is 5.46. The van der Waals surface area contributed by atoms with Crippen molar-refractivity contribution < 1.29 is 13.2 Å². The van der Waals surface area contributed by atoms with Crippen molar-refractivity contribution in [1.29, 1.82) is 0 Å². The van der Waals surface area contributed by atoms with E-state index in [-0.39, 0.29) is 10.8 Å². The summed E-state index contributed by atoms with van der Waals surface area (Å²) >= 11 is 6.14. The first-order valence-corrected chi connectivity index (χ1v) is 11.9. The van der Waals surface area contributed by atoms with Gasteiger partial charge in [0.15, 0.2) is 0 Å². The number of sulfonamides is 1. The van der Waals surface area contributed by atoms with Crippen LogP contribution in [0.25, 0.3) is 0 Å². The monoisotopic (exact) mass is 454 g/mol. The number of rotatable bonds is 4. The number of anilines is 2. The first-order valence-electron chi connectivity index (χ1n) is 10.1. The van der Waals surface area contributed by atoms with Crippen LogP contribution in [0.3, 0.4) is 0 Å². The van der Waals surface area contributed by atoms with Crippen LogP contribution in [-0.2, 0) is 16.4 Å². The lowest BCUT2D eigenvalue weighted by Gasteiger charge is -2.30. The molecule has 0 aliphatic carbocycles. The topological polar surface area (TPSA) is 66.5 Å². The minimum atomic E-state index is -3.66. The van der Waals surface area contributed by atoms with Crippen LogP contribution in [0, 0.1) is 13.8 Å². The van der Waals surface area contributed by atoms with Gasteiger partial charge in [-0.15, -0.1) is 0 Å². The Labute approximate surface area is 187 Å². The van der Waals surface area contributed by atoms with E-state index in [9.17, 15) is 13.2 Å². The van der Waals surface area contributed by atoms with Crippen molar-refractivity contribution in [3.63, 3.8) is 0 Å². The first kappa shape index (κ1) is 21.4. The molecule has 0 aromatic heterocycles. The Morgan fingerprint density at radius 2 is 1.74 bits per heavy atom. The van der Waals surface area contributed by atoms with Crippen molar-refractivity contribution in [2.45, 2.75) is 31.6 Å². The van der Waals surface area contributed by atoms with E-state index >= 15 is 0 Å². The molecule has 0 saturated carbocycles. The van der Waals surface area contributed by atoms with E-state index in [2.05, 4.69) is 5.32 Å². The summed E-state index contributed by atoms with van der Waals surface area (Å²) in [6.07, 6.45) is 1.41. The second-order valence-electron chi connectivity index (χ2n) is 7.76. The Morgan fingerprint density at radius 3 is 2.45 bits per heavy atom. The van der Waals surface area contributed by atoms with Gasteiger partial charge in [0.25, 0.3) is 15.9 Å². The maximum atomic E-state index is 13.2. The average Bonchev–Trinajstić information content (AvgIpc) is 2.75. The molecule has 1 amide bonds. The molecule has 0 bridgehead atoms. The average molecular weight is 455 g/mol. The molecular formula is C24H23ClN2O3S. The quantitative estimate of drug-likeness (QED) is 0.577. The molecule has 3 aromatic carbocycles. The molecule has 1 aliphatic heterocycles. The molecule has 0 radical (unpaired) electrons. The molecule has 0 atom stereocenters. The lowest BCUT2D eigenvalue weighted by Crippen LogP contribution is -2.35. The molecular weight excluding hydrogens is 432 g/mol. The highest BCUT2D eigenvalue weighted by Crippen LogP contribution is 2.33. The highest BCUT2D eigenvalue weighted by atomic mass is 35.5. The number of nitrogens with one attached hydrogen (secondary N) is 1. The van der Waals surface area contributed by atoms with E-state index < -0.39 is 10.0 Å². The summed E-state index contributed by atoms with van der Waals surface area (Å²) in [6, 6.07) is 17.4. The third kappa shape index (κ3) is 4.31. The zero-order valence-electron chi connectivity index (χ0n) is 17.4. The summed E-state index contributed by atoms with van der Waals surface area (Å²) in [4.78, 5) is 13.0. The summed E-state index contributed by atoms with van der Waals surface area (Å²) in [5.74, 6) is -0.263. The third-order valence-corrected chi connectivity index (χ3v) is 7.69. The highest BCUT2D eigenvalue weighted by molar-refractivity contribution is 7.92. The van der Waals surface area contributed by atoms with Crippen LogP contribution in [-0.4, -0.2) is 20.9 Å². The fraction of sp³-hybridized carbons (Fsp3) is 0.208. The smallest absolute Gasteiger partial charge is 0.264 e. The molecule has 1 aliphatic rings. The number of amides is 1. The van der Waals surface area contributed by atoms with E-state index in [1.165, 1.54) is 4.31 Å². The summed E-state index contributed by atoms with van der Waals surface area (Å²) in [5, 5.41) is 3.43. The maximum absolute atomic E-state index is 13.2. The minimum absolute atomic E-state index is 0.263. The second kappa shape index (κ2) is 8.36. The van der Waals surface area contributed by atoms with Gasteiger partial charge in [0.1, 0.15) is 0 Å². The molecule has 0 saturated heterocycles. The van der Waals surface area contributed by atoms with E-state index in [1.807, 2.05) is 19.9 Å². The normalized spacial score (nSPS) is 13.6. The van der Waals surface area contributed by atoms with Crippen LogP contribution in [0.15, 0.2) is 65.6 Å². The molecule has 3 aromatic rings. The van der Waals surface area contributed by atoms with E-state index in [0.717, 1.165) is 16.7 Å². The fourth-order valence-corrected chi connectivity index (χ4v) is 5.39. The van der Waals surface area contributed by atoms with Gasteiger partial charge in [-0.1, -0.05) is 35.4 Å². The Morgan fingerprint density at radius 1 is 1.00 bits per heavy atom. The summed E-state index contributed by atoms with van der Waals surface area (Å²) in [5.41, 5.74) is 4.50. The Balaban J connectivity index is 1.61. The minimum Gasteiger partial charge on any atom is -0.322 e. The van der Waals surface area contributed by atoms with Crippen molar-refractivity contribution in [3.05, 3.63) is 87.9 Å². The second-order valence-corrected chi connectivity index (χ2v) is 10.0. The van der Waals surface area contributed by atoms with Gasteiger partial charge in [-0.05, 0) is 80.3 Å². The standard InChI is InChI=1S/C24H23ClN2O3S/c1-16-5-10-21(11-6-16)31(29,30)27-13-3-4-18-14-19(8-12-23(18)27)24(28)26-20-9-7-17(2)22(25)15-20/h5-12,14-15H,3-4,13H2,1-2H3,(H,26,28). The summed E-state index contributed by atoms with van der Waals surface area (Å²) in [6.45, 7) is 4.23. The van der Waals surface area contributed by atoms with Gasteiger partial charge in [-0.3, -0.25) is 9.10 Å². The number of aryl methyl sites for hydroxylation is 3. The van der Waals surface area contributed by atoms with Crippen molar-refractivity contribution in [3.8, 4) is 0 Å². The molecule has 0 spiro atoms. The van der Waals surface area contributed by atoms with Crippen LogP contribution in [0.1, 0.15) is 33.5 Å². The number of nitrogens with zero attached hydrogens (tertiary/aromatic N) is 1.